The molecule has 54 valence electrons. The molecule has 0 saturated heterocycles. The second kappa shape index (κ2) is 5.91. The van der Waals surface area contributed by atoms with Crippen molar-refractivity contribution in [1.82, 2.24) is 5.32 Å². The number of thioether (sulfide) groups is 1. The second-order valence-corrected chi connectivity index (χ2v) is 2.37. The van der Waals surface area contributed by atoms with Gasteiger partial charge in [0.2, 0.25) is 5.91 Å². The van der Waals surface area contributed by atoms with Crippen LogP contribution in [-0.4, -0.2) is 36.2 Å². The number of amides is 1. The predicted molar refractivity (Wildman–Crippen MR) is 38.5 cm³/mol. The number of rotatable bonds is 4. The molecule has 3 nitrogen and oxygen atoms in total. The van der Waals surface area contributed by atoms with Gasteiger partial charge in [-0.2, -0.15) is 11.8 Å². The van der Waals surface area contributed by atoms with Crippen LogP contribution in [0.3, 0.4) is 0 Å². The molecule has 0 unspecified atom stereocenters. The molecular formula is C5H11NO2S. The topological polar surface area (TPSA) is 49.3 Å². The molecule has 0 aliphatic heterocycles. The van der Waals surface area contributed by atoms with Crippen LogP contribution in [0.15, 0.2) is 0 Å². The first kappa shape index (κ1) is 8.78. The fourth-order valence-corrected chi connectivity index (χ4v) is 0.742. The van der Waals surface area contributed by atoms with Crippen molar-refractivity contribution in [2.24, 2.45) is 0 Å². The maximum Gasteiger partial charge on any atom is 0.230 e. The lowest BCUT2D eigenvalue weighted by molar-refractivity contribution is -0.118. The van der Waals surface area contributed by atoms with Gasteiger partial charge >= 0.3 is 0 Å². The second-order valence-electron chi connectivity index (χ2n) is 1.51. The highest BCUT2D eigenvalue weighted by atomic mass is 32.2. The number of aliphatic hydroxyl groups is 1. The largest absolute Gasteiger partial charge is 0.395 e. The normalized spacial score (nSPS) is 9.11. The molecule has 0 aromatic heterocycles. The summed E-state index contributed by atoms with van der Waals surface area (Å²) in [5.41, 5.74) is 0. The molecule has 0 saturated carbocycles. The van der Waals surface area contributed by atoms with Gasteiger partial charge in [-0.1, -0.05) is 0 Å². The molecular weight excluding hydrogens is 138 g/mol. The first-order chi connectivity index (χ1) is 4.31. The summed E-state index contributed by atoms with van der Waals surface area (Å²) < 4.78 is 0. The number of aliphatic hydroxyl groups excluding tert-OH is 1. The van der Waals surface area contributed by atoms with Crippen molar-refractivity contribution in [3.63, 3.8) is 0 Å². The number of hydrogen-bond acceptors (Lipinski definition) is 3. The quantitative estimate of drug-likeness (QED) is 0.564. The van der Waals surface area contributed by atoms with Gasteiger partial charge in [-0.15, -0.1) is 0 Å². The Morgan fingerprint density at radius 1 is 1.78 bits per heavy atom. The smallest absolute Gasteiger partial charge is 0.230 e. The van der Waals surface area contributed by atoms with Crippen molar-refractivity contribution in [3.8, 4) is 0 Å². The van der Waals surface area contributed by atoms with E-state index in [0.29, 0.717) is 12.3 Å². The Labute approximate surface area is 58.8 Å². The van der Waals surface area contributed by atoms with Crippen LogP contribution in [0.2, 0.25) is 0 Å². The zero-order chi connectivity index (χ0) is 7.11. The van der Waals surface area contributed by atoms with Crippen LogP contribution in [0.25, 0.3) is 0 Å². The fourth-order valence-electron chi connectivity index (χ4n) is 0.377. The van der Waals surface area contributed by atoms with Crippen LogP contribution in [0, 0.1) is 0 Å². The van der Waals surface area contributed by atoms with Gasteiger partial charge in [-0.25, -0.2) is 0 Å². The van der Waals surface area contributed by atoms with Gasteiger partial charge in [0.05, 0.1) is 12.4 Å². The average molecular weight is 149 g/mol. The molecule has 0 rings (SSSR count). The molecule has 0 aromatic rings. The molecule has 0 aliphatic rings. The molecule has 4 heteroatoms. The van der Waals surface area contributed by atoms with Crippen molar-refractivity contribution in [3.05, 3.63) is 0 Å². The lowest BCUT2D eigenvalue weighted by Crippen LogP contribution is -2.27. The highest BCUT2D eigenvalue weighted by Crippen LogP contribution is 1.87. The molecule has 1 amide bonds. The van der Waals surface area contributed by atoms with E-state index in [1.807, 2.05) is 6.26 Å². The Morgan fingerprint density at radius 3 is 2.89 bits per heavy atom. The lowest BCUT2D eigenvalue weighted by Gasteiger charge is -1.98. The highest BCUT2D eigenvalue weighted by molar-refractivity contribution is 7.99. The molecule has 2 N–H and O–H groups in total. The fraction of sp³-hybridized carbons (Fsp3) is 0.800. The molecule has 0 heterocycles. The molecule has 0 fully saturated rings. The monoisotopic (exact) mass is 149 g/mol. The minimum atomic E-state index is -0.0171. The molecule has 0 aromatic carbocycles. The van der Waals surface area contributed by atoms with Gasteiger partial charge < -0.3 is 10.4 Å². The average Bonchev–Trinajstić information content (AvgIpc) is 1.85. The zero-order valence-corrected chi connectivity index (χ0v) is 6.20. The molecule has 9 heavy (non-hydrogen) atoms. The number of hydrogen-bond donors (Lipinski definition) is 2. The van der Waals surface area contributed by atoms with Crippen molar-refractivity contribution < 1.29 is 9.90 Å². The molecule has 0 spiro atoms. The van der Waals surface area contributed by atoms with Gasteiger partial charge in [0.15, 0.2) is 0 Å². The Bertz CT molecular complexity index is 87.0. The van der Waals surface area contributed by atoms with E-state index in [2.05, 4.69) is 5.32 Å². The van der Waals surface area contributed by atoms with Crippen LogP contribution >= 0.6 is 11.8 Å². The van der Waals surface area contributed by atoms with E-state index in [1.54, 1.807) is 0 Å². The summed E-state index contributed by atoms with van der Waals surface area (Å²) in [6.07, 6.45) is 1.86. The van der Waals surface area contributed by atoms with E-state index in [9.17, 15) is 4.79 Å². The van der Waals surface area contributed by atoms with Gasteiger partial charge in [-0.05, 0) is 6.26 Å². The Kier molecular flexibility index (Phi) is 5.76. The number of nitrogens with one attached hydrogen (secondary N) is 1. The summed E-state index contributed by atoms with van der Waals surface area (Å²) in [6, 6.07) is 0. The molecule has 0 radical (unpaired) electrons. The first-order valence-electron chi connectivity index (χ1n) is 2.67. The van der Waals surface area contributed by atoms with Crippen molar-refractivity contribution in [1.29, 1.82) is 0 Å². The first-order valence-corrected chi connectivity index (χ1v) is 4.07. The van der Waals surface area contributed by atoms with E-state index in [-0.39, 0.29) is 12.5 Å². The lowest BCUT2D eigenvalue weighted by atomic mass is 10.6. The molecule has 0 aliphatic carbocycles. The summed E-state index contributed by atoms with van der Waals surface area (Å²) in [7, 11) is 0. The summed E-state index contributed by atoms with van der Waals surface area (Å²) in [5, 5.41) is 10.8. The summed E-state index contributed by atoms with van der Waals surface area (Å²) in [6.45, 7) is 0.375. The summed E-state index contributed by atoms with van der Waals surface area (Å²) in [4.78, 5) is 10.6. The minimum absolute atomic E-state index is 0.0140. The van der Waals surface area contributed by atoms with Crippen molar-refractivity contribution in [2.75, 3.05) is 25.2 Å². The van der Waals surface area contributed by atoms with Crippen molar-refractivity contribution in [2.45, 2.75) is 0 Å². The summed E-state index contributed by atoms with van der Waals surface area (Å²) >= 11 is 1.47. The van der Waals surface area contributed by atoms with Crippen LogP contribution in [0.5, 0.6) is 0 Å². The third-order valence-electron chi connectivity index (χ3n) is 0.709. The number of carbonyl (C=O) groups is 1. The highest BCUT2D eigenvalue weighted by Gasteiger charge is 1.95. The van der Waals surface area contributed by atoms with E-state index in [0.717, 1.165) is 0 Å². The van der Waals surface area contributed by atoms with Gasteiger partial charge in [0.1, 0.15) is 0 Å². The predicted octanol–water partition coefficient (Wildman–Crippen LogP) is -0.542. The summed E-state index contributed by atoms with van der Waals surface area (Å²) in [5.74, 6) is 0.455. The third-order valence-corrected chi connectivity index (χ3v) is 1.26. The SMILES string of the molecule is CSCC(=O)NCCO. The van der Waals surface area contributed by atoms with Crippen LogP contribution in [0.1, 0.15) is 0 Å². The van der Waals surface area contributed by atoms with E-state index in [1.165, 1.54) is 11.8 Å². The Hall–Kier alpha value is -0.220. The van der Waals surface area contributed by atoms with Crippen LogP contribution in [-0.2, 0) is 4.79 Å². The van der Waals surface area contributed by atoms with Crippen LogP contribution < -0.4 is 5.32 Å². The Morgan fingerprint density at radius 2 is 2.44 bits per heavy atom. The molecule has 0 atom stereocenters. The molecule has 0 bridgehead atoms. The van der Waals surface area contributed by atoms with E-state index < -0.39 is 0 Å². The maximum atomic E-state index is 10.6. The van der Waals surface area contributed by atoms with Crippen molar-refractivity contribution >= 4 is 17.7 Å². The standard InChI is InChI=1S/C5H11NO2S/c1-9-4-5(8)6-2-3-7/h7H,2-4H2,1H3,(H,6,8). The van der Waals surface area contributed by atoms with Gasteiger partial charge in [0, 0.05) is 6.54 Å². The van der Waals surface area contributed by atoms with Gasteiger partial charge in [0.25, 0.3) is 0 Å². The van der Waals surface area contributed by atoms with Gasteiger partial charge in [-0.3, -0.25) is 4.79 Å². The van der Waals surface area contributed by atoms with Crippen LogP contribution in [0.4, 0.5) is 0 Å². The third kappa shape index (κ3) is 5.65. The maximum absolute atomic E-state index is 10.6. The zero-order valence-electron chi connectivity index (χ0n) is 5.39. The van der Waals surface area contributed by atoms with E-state index >= 15 is 0 Å². The Balaban J connectivity index is 3.06. The van der Waals surface area contributed by atoms with E-state index in [4.69, 9.17) is 5.11 Å². The number of carbonyl (C=O) groups excluding carboxylic acids is 1. The minimum Gasteiger partial charge on any atom is -0.395 e.